The third-order valence-corrected chi connectivity index (χ3v) is 2.30. The van der Waals surface area contributed by atoms with Gasteiger partial charge in [0.1, 0.15) is 11.8 Å². The summed E-state index contributed by atoms with van der Waals surface area (Å²) in [5.41, 5.74) is 1.59. The first kappa shape index (κ1) is 12.5. The van der Waals surface area contributed by atoms with Crippen molar-refractivity contribution < 1.29 is 9.47 Å². The molecule has 0 amide bonds. The lowest BCUT2D eigenvalue weighted by Gasteiger charge is -2.07. The largest absolute Gasteiger partial charge is 0.495 e. The smallest absolute Gasteiger partial charge is 0.136 e. The van der Waals surface area contributed by atoms with Crippen molar-refractivity contribution in [2.45, 2.75) is 26.4 Å². The lowest BCUT2D eigenvalue weighted by molar-refractivity contribution is 0.118. The molecule has 3 nitrogen and oxygen atoms in total. The minimum Gasteiger partial charge on any atom is -0.495 e. The molecule has 0 unspecified atom stereocenters. The van der Waals surface area contributed by atoms with Crippen LogP contribution >= 0.6 is 0 Å². The number of hydrogen-bond acceptors (Lipinski definition) is 3. The molecule has 0 atom stereocenters. The van der Waals surface area contributed by atoms with Gasteiger partial charge >= 0.3 is 0 Å². The highest BCUT2D eigenvalue weighted by Crippen LogP contribution is 2.19. The van der Waals surface area contributed by atoms with Crippen LogP contribution in [0.25, 0.3) is 0 Å². The highest BCUT2D eigenvalue weighted by atomic mass is 16.5. The summed E-state index contributed by atoms with van der Waals surface area (Å²) in [6.45, 7) is 3.48. The van der Waals surface area contributed by atoms with Crippen LogP contribution in [0.2, 0.25) is 0 Å². The highest BCUT2D eigenvalue weighted by molar-refractivity contribution is 5.45. The van der Waals surface area contributed by atoms with Crippen molar-refractivity contribution in [2.75, 3.05) is 13.7 Å². The van der Waals surface area contributed by atoms with Crippen LogP contribution in [-0.4, -0.2) is 13.7 Å². The van der Waals surface area contributed by atoms with Crippen LogP contribution in [0.1, 0.15) is 30.9 Å². The first-order valence-corrected chi connectivity index (χ1v) is 5.46. The normalized spacial score (nSPS) is 9.81. The molecule has 0 heterocycles. The second-order valence-corrected chi connectivity index (χ2v) is 3.55. The van der Waals surface area contributed by atoms with Crippen molar-refractivity contribution in [1.82, 2.24) is 0 Å². The summed E-state index contributed by atoms with van der Waals surface area (Å²) in [6, 6.07) is 7.59. The van der Waals surface area contributed by atoms with E-state index in [-0.39, 0.29) is 0 Å². The fraction of sp³-hybridized carbons (Fsp3) is 0.462. The number of rotatable bonds is 6. The second kappa shape index (κ2) is 6.86. The van der Waals surface area contributed by atoms with Crippen LogP contribution in [0, 0.1) is 11.3 Å². The average Bonchev–Trinajstić information content (AvgIpc) is 2.34. The molecule has 0 fully saturated rings. The van der Waals surface area contributed by atoms with Crippen molar-refractivity contribution in [3.63, 3.8) is 0 Å². The van der Waals surface area contributed by atoms with Crippen molar-refractivity contribution in [2.24, 2.45) is 0 Å². The van der Waals surface area contributed by atoms with Crippen molar-refractivity contribution in [3.05, 3.63) is 29.3 Å². The van der Waals surface area contributed by atoms with Gasteiger partial charge in [0, 0.05) is 6.61 Å². The molecule has 1 rings (SSSR count). The Morgan fingerprint density at radius 2 is 2.19 bits per heavy atom. The molecular weight excluding hydrogens is 202 g/mol. The number of benzene rings is 1. The number of unbranched alkanes of at least 4 members (excludes halogenated alkanes) is 1. The summed E-state index contributed by atoms with van der Waals surface area (Å²) < 4.78 is 10.6. The number of methoxy groups -OCH3 is 1. The Labute approximate surface area is 96.6 Å². The van der Waals surface area contributed by atoms with Crippen LogP contribution in [0.3, 0.4) is 0 Å². The van der Waals surface area contributed by atoms with Crippen molar-refractivity contribution >= 4 is 0 Å². The zero-order valence-electron chi connectivity index (χ0n) is 9.82. The molecule has 0 N–H and O–H groups in total. The zero-order valence-corrected chi connectivity index (χ0v) is 9.82. The monoisotopic (exact) mass is 219 g/mol. The lowest BCUT2D eigenvalue weighted by Crippen LogP contribution is -1.96. The maximum Gasteiger partial charge on any atom is 0.136 e. The zero-order chi connectivity index (χ0) is 11.8. The second-order valence-electron chi connectivity index (χ2n) is 3.55. The minimum atomic E-state index is 0.555. The summed E-state index contributed by atoms with van der Waals surface area (Å²) in [5.74, 6) is 0.610. The Kier molecular flexibility index (Phi) is 5.38. The Hall–Kier alpha value is -1.53. The van der Waals surface area contributed by atoms with E-state index in [2.05, 4.69) is 13.0 Å². The van der Waals surface area contributed by atoms with Gasteiger partial charge in [-0.15, -0.1) is 0 Å². The van der Waals surface area contributed by atoms with Gasteiger partial charge in [-0.2, -0.15) is 5.26 Å². The van der Waals surface area contributed by atoms with E-state index in [0.29, 0.717) is 17.9 Å². The van der Waals surface area contributed by atoms with E-state index in [1.807, 2.05) is 12.1 Å². The molecule has 3 heteroatoms. The van der Waals surface area contributed by atoms with E-state index in [1.54, 1.807) is 13.2 Å². The first-order valence-electron chi connectivity index (χ1n) is 5.46. The molecule has 1 aromatic carbocycles. The summed E-state index contributed by atoms with van der Waals surface area (Å²) in [7, 11) is 1.57. The van der Waals surface area contributed by atoms with Crippen LogP contribution in [0.5, 0.6) is 5.75 Å². The van der Waals surface area contributed by atoms with Crippen LogP contribution in [0.4, 0.5) is 0 Å². The summed E-state index contributed by atoms with van der Waals surface area (Å²) >= 11 is 0. The number of ether oxygens (including phenoxy) is 2. The molecule has 0 saturated carbocycles. The Morgan fingerprint density at radius 3 is 2.81 bits per heavy atom. The molecule has 0 aliphatic rings. The van der Waals surface area contributed by atoms with E-state index < -0.39 is 0 Å². The third kappa shape index (κ3) is 3.56. The Morgan fingerprint density at radius 1 is 1.38 bits per heavy atom. The summed E-state index contributed by atoms with van der Waals surface area (Å²) in [4.78, 5) is 0. The molecule has 0 radical (unpaired) electrons. The first-order chi connectivity index (χ1) is 7.81. The topological polar surface area (TPSA) is 42.2 Å². The SMILES string of the molecule is CCCCOCc1ccc(C#N)c(OC)c1. The quantitative estimate of drug-likeness (QED) is 0.691. The van der Waals surface area contributed by atoms with Gasteiger partial charge in [-0.1, -0.05) is 19.4 Å². The molecule has 0 aromatic heterocycles. The van der Waals surface area contributed by atoms with Gasteiger partial charge < -0.3 is 9.47 Å². The van der Waals surface area contributed by atoms with Crippen LogP contribution < -0.4 is 4.74 Å². The fourth-order valence-corrected chi connectivity index (χ4v) is 1.35. The maximum atomic E-state index is 8.83. The predicted molar refractivity (Wildman–Crippen MR) is 62.3 cm³/mol. The Balaban J connectivity index is 2.58. The maximum absolute atomic E-state index is 8.83. The molecule has 0 saturated heterocycles. The van der Waals surface area contributed by atoms with Gasteiger partial charge in [0.05, 0.1) is 19.3 Å². The number of nitrogens with zero attached hydrogens (tertiary/aromatic N) is 1. The molecule has 0 aliphatic carbocycles. The van der Waals surface area contributed by atoms with Gasteiger partial charge in [-0.3, -0.25) is 0 Å². The molecule has 16 heavy (non-hydrogen) atoms. The van der Waals surface area contributed by atoms with Gasteiger partial charge in [-0.25, -0.2) is 0 Å². The summed E-state index contributed by atoms with van der Waals surface area (Å²) in [6.07, 6.45) is 2.21. The van der Waals surface area contributed by atoms with Crippen LogP contribution in [-0.2, 0) is 11.3 Å². The van der Waals surface area contributed by atoms with E-state index in [0.717, 1.165) is 25.0 Å². The summed E-state index contributed by atoms with van der Waals surface area (Å²) in [5, 5.41) is 8.83. The number of nitriles is 1. The van der Waals surface area contributed by atoms with Crippen LogP contribution in [0.15, 0.2) is 18.2 Å². The van der Waals surface area contributed by atoms with E-state index >= 15 is 0 Å². The molecule has 0 aliphatic heterocycles. The van der Waals surface area contributed by atoms with Gasteiger partial charge in [-0.05, 0) is 24.1 Å². The van der Waals surface area contributed by atoms with Gasteiger partial charge in [0.25, 0.3) is 0 Å². The highest BCUT2D eigenvalue weighted by Gasteiger charge is 2.03. The molecule has 0 bridgehead atoms. The van der Waals surface area contributed by atoms with Crippen molar-refractivity contribution in [1.29, 1.82) is 5.26 Å². The standard InChI is InChI=1S/C13H17NO2/c1-3-4-7-16-10-11-5-6-12(9-14)13(8-11)15-2/h5-6,8H,3-4,7,10H2,1-2H3. The third-order valence-electron chi connectivity index (χ3n) is 2.30. The minimum absolute atomic E-state index is 0.555. The van der Waals surface area contributed by atoms with E-state index in [1.165, 1.54) is 0 Å². The van der Waals surface area contributed by atoms with Crippen molar-refractivity contribution in [3.8, 4) is 11.8 Å². The molecule has 0 spiro atoms. The average molecular weight is 219 g/mol. The fourth-order valence-electron chi connectivity index (χ4n) is 1.35. The van der Waals surface area contributed by atoms with Gasteiger partial charge in [0.15, 0.2) is 0 Å². The molecule has 1 aromatic rings. The molecular formula is C13H17NO2. The Bertz CT molecular complexity index is 369. The lowest BCUT2D eigenvalue weighted by atomic mass is 10.1. The number of hydrogen-bond donors (Lipinski definition) is 0. The predicted octanol–water partition coefficient (Wildman–Crippen LogP) is 2.88. The van der Waals surface area contributed by atoms with Gasteiger partial charge in [0.2, 0.25) is 0 Å². The van der Waals surface area contributed by atoms with E-state index in [4.69, 9.17) is 14.7 Å². The molecule has 86 valence electrons. The van der Waals surface area contributed by atoms with E-state index in [9.17, 15) is 0 Å².